The van der Waals surface area contributed by atoms with E-state index in [1.165, 1.54) is 50.0 Å². The fourth-order valence-electron chi connectivity index (χ4n) is 3.07. The maximum absolute atomic E-state index is 4.43. The molecule has 0 saturated carbocycles. The molecule has 3 rings (SSSR count). The molecule has 1 atom stereocenters. The van der Waals surface area contributed by atoms with Crippen molar-refractivity contribution in [2.75, 3.05) is 25.0 Å². The normalized spacial score (nSPS) is 20.8. The first-order chi connectivity index (χ1) is 9.86. The van der Waals surface area contributed by atoms with Gasteiger partial charge in [0, 0.05) is 29.9 Å². The van der Waals surface area contributed by atoms with Gasteiger partial charge in [0.1, 0.15) is 0 Å². The fraction of sp³-hybridized carbons (Fsp3) is 0.471. The second-order valence-electron chi connectivity index (χ2n) is 5.58. The average molecular weight is 269 g/mol. The Morgan fingerprint density at radius 1 is 1.20 bits per heavy atom. The van der Waals surface area contributed by atoms with E-state index in [2.05, 4.69) is 46.4 Å². The van der Waals surface area contributed by atoms with E-state index >= 15 is 0 Å². The average Bonchev–Trinajstić information content (AvgIpc) is 2.73. The Kier molecular flexibility index (Phi) is 4.16. The molecule has 0 aliphatic carbocycles. The third kappa shape index (κ3) is 2.93. The molecule has 3 heteroatoms. The van der Waals surface area contributed by atoms with Gasteiger partial charge < -0.3 is 10.2 Å². The predicted octanol–water partition coefficient (Wildman–Crippen LogP) is 3.52. The van der Waals surface area contributed by atoms with Crippen LogP contribution in [-0.4, -0.2) is 35.6 Å². The number of nitrogens with zero attached hydrogens (tertiary/aromatic N) is 2. The van der Waals surface area contributed by atoms with E-state index in [1.807, 2.05) is 12.3 Å². The summed E-state index contributed by atoms with van der Waals surface area (Å²) in [6, 6.07) is 11.1. The SMILES string of the molecule is CCN1CCCC(Nc2cccc3ncccc23)CC1. The molecule has 0 radical (unpaired) electrons. The van der Waals surface area contributed by atoms with E-state index in [0.717, 1.165) is 5.52 Å². The number of likely N-dealkylation sites (tertiary alicyclic amines) is 1. The third-order valence-corrected chi connectivity index (χ3v) is 4.27. The summed E-state index contributed by atoms with van der Waals surface area (Å²) in [5.41, 5.74) is 2.30. The molecule has 2 heterocycles. The Bertz CT molecular complexity index is 562. The van der Waals surface area contributed by atoms with E-state index < -0.39 is 0 Å². The lowest BCUT2D eigenvalue weighted by atomic mass is 10.1. The van der Waals surface area contributed by atoms with E-state index in [4.69, 9.17) is 0 Å². The van der Waals surface area contributed by atoms with Crippen LogP contribution in [0.5, 0.6) is 0 Å². The van der Waals surface area contributed by atoms with Gasteiger partial charge in [-0.15, -0.1) is 0 Å². The van der Waals surface area contributed by atoms with Crippen molar-refractivity contribution in [3.63, 3.8) is 0 Å². The zero-order valence-electron chi connectivity index (χ0n) is 12.2. The number of anilines is 1. The minimum absolute atomic E-state index is 0.581. The van der Waals surface area contributed by atoms with Crippen molar-refractivity contribution in [3.05, 3.63) is 36.5 Å². The zero-order chi connectivity index (χ0) is 13.8. The van der Waals surface area contributed by atoms with Crippen LogP contribution < -0.4 is 5.32 Å². The summed E-state index contributed by atoms with van der Waals surface area (Å²) in [4.78, 5) is 6.98. The van der Waals surface area contributed by atoms with Crippen LogP contribution >= 0.6 is 0 Å². The van der Waals surface area contributed by atoms with Gasteiger partial charge in [0.25, 0.3) is 0 Å². The van der Waals surface area contributed by atoms with E-state index in [9.17, 15) is 0 Å². The number of hydrogen-bond donors (Lipinski definition) is 1. The Hall–Kier alpha value is -1.61. The van der Waals surface area contributed by atoms with Gasteiger partial charge in [-0.3, -0.25) is 4.98 Å². The van der Waals surface area contributed by atoms with E-state index in [-0.39, 0.29) is 0 Å². The van der Waals surface area contributed by atoms with Crippen LogP contribution in [0.25, 0.3) is 10.9 Å². The molecule has 3 nitrogen and oxygen atoms in total. The molecule has 1 aromatic heterocycles. The van der Waals surface area contributed by atoms with Crippen LogP contribution in [0.1, 0.15) is 26.2 Å². The van der Waals surface area contributed by atoms with Crippen LogP contribution in [0, 0.1) is 0 Å². The first kappa shape index (κ1) is 13.4. The number of nitrogens with one attached hydrogen (secondary N) is 1. The van der Waals surface area contributed by atoms with Crippen molar-refractivity contribution in [3.8, 4) is 0 Å². The molecule has 20 heavy (non-hydrogen) atoms. The van der Waals surface area contributed by atoms with Gasteiger partial charge in [-0.2, -0.15) is 0 Å². The number of fused-ring (bicyclic) bond motifs is 1. The lowest BCUT2D eigenvalue weighted by molar-refractivity contribution is 0.300. The summed E-state index contributed by atoms with van der Waals surface area (Å²) in [6.07, 6.45) is 5.63. The first-order valence-electron chi connectivity index (χ1n) is 7.69. The number of rotatable bonds is 3. The lowest BCUT2D eigenvalue weighted by Crippen LogP contribution is -2.26. The van der Waals surface area contributed by atoms with E-state index in [0.29, 0.717) is 6.04 Å². The maximum atomic E-state index is 4.43. The summed E-state index contributed by atoms with van der Waals surface area (Å²) in [6.45, 7) is 5.87. The smallest absolute Gasteiger partial charge is 0.0722 e. The zero-order valence-corrected chi connectivity index (χ0v) is 12.2. The molecule has 1 fully saturated rings. The summed E-state index contributed by atoms with van der Waals surface area (Å²) in [5, 5.41) is 4.97. The van der Waals surface area contributed by atoms with Crippen molar-refractivity contribution in [1.29, 1.82) is 0 Å². The predicted molar refractivity (Wildman–Crippen MR) is 85.1 cm³/mol. The highest BCUT2D eigenvalue weighted by atomic mass is 15.1. The number of pyridine rings is 1. The Morgan fingerprint density at radius 3 is 3.05 bits per heavy atom. The lowest BCUT2D eigenvalue weighted by Gasteiger charge is -2.20. The Labute approximate surface area is 121 Å². The van der Waals surface area contributed by atoms with Gasteiger partial charge >= 0.3 is 0 Å². The van der Waals surface area contributed by atoms with Gasteiger partial charge in [-0.1, -0.05) is 13.0 Å². The quantitative estimate of drug-likeness (QED) is 0.924. The molecule has 106 valence electrons. The first-order valence-corrected chi connectivity index (χ1v) is 7.69. The summed E-state index contributed by atoms with van der Waals surface area (Å²) in [7, 11) is 0. The molecule has 1 aromatic carbocycles. The maximum Gasteiger partial charge on any atom is 0.0722 e. The second-order valence-corrected chi connectivity index (χ2v) is 5.58. The van der Waals surface area contributed by atoms with Crippen LogP contribution in [0.4, 0.5) is 5.69 Å². The van der Waals surface area contributed by atoms with Crippen molar-refractivity contribution >= 4 is 16.6 Å². The molecule has 1 aliphatic heterocycles. The van der Waals surface area contributed by atoms with Crippen molar-refractivity contribution < 1.29 is 0 Å². The second kappa shape index (κ2) is 6.23. The molecular weight excluding hydrogens is 246 g/mol. The molecule has 1 aliphatic rings. The van der Waals surface area contributed by atoms with Crippen molar-refractivity contribution in [1.82, 2.24) is 9.88 Å². The number of benzene rings is 1. The van der Waals surface area contributed by atoms with Crippen molar-refractivity contribution in [2.45, 2.75) is 32.2 Å². The van der Waals surface area contributed by atoms with Gasteiger partial charge in [0.15, 0.2) is 0 Å². The fourth-order valence-corrected chi connectivity index (χ4v) is 3.07. The molecular formula is C17H23N3. The molecule has 0 spiro atoms. The Balaban J connectivity index is 1.76. The standard InChI is InChI=1S/C17H23N3/c1-2-20-12-5-6-14(10-13-20)19-17-9-3-8-16-15(17)7-4-11-18-16/h3-4,7-9,11,14,19H,2,5-6,10,12-13H2,1H3. The highest BCUT2D eigenvalue weighted by Crippen LogP contribution is 2.24. The van der Waals surface area contributed by atoms with Crippen LogP contribution in [0.2, 0.25) is 0 Å². The van der Waals surface area contributed by atoms with Gasteiger partial charge in [0.2, 0.25) is 0 Å². The molecule has 0 bridgehead atoms. The highest BCUT2D eigenvalue weighted by Gasteiger charge is 2.16. The number of hydrogen-bond acceptors (Lipinski definition) is 3. The monoisotopic (exact) mass is 269 g/mol. The largest absolute Gasteiger partial charge is 0.382 e. The Morgan fingerprint density at radius 2 is 2.15 bits per heavy atom. The number of aromatic nitrogens is 1. The minimum Gasteiger partial charge on any atom is -0.382 e. The molecule has 2 aromatic rings. The third-order valence-electron chi connectivity index (χ3n) is 4.27. The summed E-state index contributed by atoms with van der Waals surface area (Å²) < 4.78 is 0. The summed E-state index contributed by atoms with van der Waals surface area (Å²) in [5.74, 6) is 0. The van der Waals surface area contributed by atoms with Gasteiger partial charge in [-0.25, -0.2) is 0 Å². The topological polar surface area (TPSA) is 28.2 Å². The highest BCUT2D eigenvalue weighted by molar-refractivity contribution is 5.91. The molecule has 1 N–H and O–H groups in total. The molecule has 1 saturated heterocycles. The van der Waals surface area contributed by atoms with Crippen LogP contribution in [0.15, 0.2) is 36.5 Å². The van der Waals surface area contributed by atoms with Crippen molar-refractivity contribution in [2.24, 2.45) is 0 Å². The minimum atomic E-state index is 0.581. The van der Waals surface area contributed by atoms with Gasteiger partial charge in [-0.05, 0) is 56.6 Å². The van der Waals surface area contributed by atoms with Crippen LogP contribution in [0.3, 0.4) is 0 Å². The van der Waals surface area contributed by atoms with E-state index in [1.54, 1.807) is 0 Å². The molecule has 1 unspecified atom stereocenters. The van der Waals surface area contributed by atoms with Crippen LogP contribution in [-0.2, 0) is 0 Å². The molecule has 0 amide bonds. The van der Waals surface area contributed by atoms with Gasteiger partial charge in [0.05, 0.1) is 5.52 Å². The summed E-state index contributed by atoms with van der Waals surface area (Å²) >= 11 is 0.